The van der Waals surface area contributed by atoms with Crippen molar-refractivity contribution in [1.29, 1.82) is 0 Å². The number of aromatic nitrogens is 2. The minimum absolute atomic E-state index is 0.0959. The van der Waals surface area contributed by atoms with Crippen LogP contribution in [-0.2, 0) is 17.1 Å². The Morgan fingerprint density at radius 1 is 1.47 bits per heavy atom. The van der Waals surface area contributed by atoms with Gasteiger partial charge in [0.25, 0.3) is 10.0 Å². The molecule has 0 saturated carbocycles. The SMILES string of the molecule is Cn1ncc(Cl)c1S(=O)(=O)N1CCC2NCCC2C1. The largest absolute Gasteiger partial charge is 0.314 e. The summed E-state index contributed by atoms with van der Waals surface area (Å²) in [6, 6.07) is 0.466. The van der Waals surface area contributed by atoms with E-state index in [0.29, 0.717) is 25.0 Å². The average Bonchev–Trinajstić information content (AvgIpc) is 2.95. The highest BCUT2D eigenvalue weighted by molar-refractivity contribution is 7.89. The molecule has 0 aromatic carbocycles. The van der Waals surface area contributed by atoms with Crippen molar-refractivity contribution in [2.45, 2.75) is 23.9 Å². The molecule has 2 unspecified atom stereocenters. The fourth-order valence-corrected chi connectivity index (χ4v) is 5.16. The molecule has 6 nitrogen and oxygen atoms in total. The molecule has 3 heterocycles. The molecule has 2 saturated heterocycles. The Morgan fingerprint density at radius 2 is 2.26 bits per heavy atom. The first kappa shape index (κ1) is 13.4. The van der Waals surface area contributed by atoms with Crippen LogP contribution in [0.15, 0.2) is 11.2 Å². The minimum Gasteiger partial charge on any atom is -0.314 e. The molecule has 1 N–H and O–H groups in total. The van der Waals surface area contributed by atoms with E-state index in [1.54, 1.807) is 11.4 Å². The van der Waals surface area contributed by atoms with Gasteiger partial charge in [-0.05, 0) is 25.3 Å². The van der Waals surface area contributed by atoms with Crippen molar-refractivity contribution in [2.75, 3.05) is 19.6 Å². The van der Waals surface area contributed by atoms with Gasteiger partial charge in [0.05, 0.1) is 11.2 Å². The molecule has 0 amide bonds. The lowest BCUT2D eigenvalue weighted by Crippen LogP contribution is -2.47. The summed E-state index contributed by atoms with van der Waals surface area (Å²) in [5.74, 6) is 0.413. The molecule has 8 heteroatoms. The van der Waals surface area contributed by atoms with Crippen molar-refractivity contribution < 1.29 is 8.42 Å². The van der Waals surface area contributed by atoms with Gasteiger partial charge in [-0.15, -0.1) is 0 Å². The Kier molecular flexibility index (Phi) is 3.33. The number of fused-ring (bicyclic) bond motifs is 1. The van der Waals surface area contributed by atoms with Crippen LogP contribution < -0.4 is 5.32 Å². The highest BCUT2D eigenvalue weighted by Gasteiger charge is 2.39. The number of hydrogen-bond acceptors (Lipinski definition) is 4. The molecular weight excluding hydrogens is 288 g/mol. The molecule has 0 aliphatic carbocycles. The number of piperidine rings is 1. The monoisotopic (exact) mass is 304 g/mol. The van der Waals surface area contributed by atoms with Crippen LogP contribution in [0.25, 0.3) is 0 Å². The third-order valence-corrected chi connectivity index (χ3v) is 6.42. The van der Waals surface area contributed by atoms with E-state index in [9.17, 15) is 8.42 Å². The average molecular weight is 305 g/mol. The normalized spacial score (nSPS) is 28.5. The zero-order chi connectivity index (χ0) is 13.6. The van der Waals surface area contributed by atoms with Crippen molar-refractivity contribution in [1.82, 2.24) is 19.4 Å². The van der Waals surface area contributed by atoms with Crippen LogP contribution in [0.4, 0.5) is 0 Å². The van der Waals surface area contributed by atoms with Gasteiger partial charge in [0.2, 0.25) is 0 Å². The van der Waals surface area contributed by atoms with E-state index < -0.39 is 10.0 Å². The number of sulfonamides is 1. The fraction of sp³-hybridized carbons (Fsp3) is 0.727. The molecule has 1 aromatic rings. The highest BCUT2D eigenvalue weighted by Crippen LogP contribution is 2.30. The summed E-state index contributed by atoms with van der Waals surface area (Å²) in [6.07, 6.45) is 3.27. The number of aryl methyl sites for hydroxylation is 1. The molecule has 3 rings (SSSR count). The van der Waals surface area contributed by atoms with E-state index in [1.807, 2.05) is 0 Å². The first-order valence-electron chi connectivity index (χ1n) is 6.41. The number of nitrogens with one attached hydrogen (secondary N) is 1. The molecular formula is C11H17ClN4O2S. The molecule has 1 aromatic heterocycles. The third-order valence-electron chi connectivity index (χ3n) is 4.05. The number of rotatable bonds is 2. The Bertz CT molecular complexity index is 566. The second kappa shape index (κ2) is 4.73. The molecule has 106 valence electrons. The van der Waals surface area contributed by atoms with Crippen molar-refractivity contribution >= 4 is 21.6 Å². The summed E-state index contributed by atoms with van der Waals surface area (Å²) in [5.41, 5.74) is 0. The lowest BCUT2D eigenvalue weighted by atomic mass is 9.95. The summed E-state index contributed by atoms with van der Waals surface area (Å²) in [6.45, 7) is 2.09. The molecule has 19 heavy (non-hydrogen) atoms. The van der Waals surface area contributed by atoms with Crippen molar-refractivity contribution in [3.05, 3.63) is 11.2 Å². The van der Waals surface area contributed by atoms with Gasteiger partial charge in [-0.25, -0.2) is 8.42 Å². The van der Waals surface area contributed by atoms with Crippen molar-refractivity contribution in [2.24, 2.45) is 13.0 Å². The van der Waals surface area contributed by atoms with Crippen LogP contribution >= 0.6 is 11.6 Å². The molecule has 2 aliphatic heterocycles. The quantitative estimate of drug-likeness (QED) is 0.861. The second-order valence-electron chi connectivity index (χ2n) is 5.18. The van der Waals surface area contributed by atoms with Gasteiger partial charge in [-0.2, -0.15) is 9.40 Å². The lowest BCUT2D eigenvalue weighted by Gasteiger charge is -2.33. The summed E-state index contributed by atoms with van der Waals surface area (Å²) in [5, 5.41) is 7.62. The smallest absolute Gasteiger partial charge is 0.261 e. The Labute approximate surface area is 117 Å². The van der Waals surface area contributed by atoms with Gasteiger partial charge >= 0.3 is 0 Å². The predicted molar refractivity (Wildman–Crippen MR) is 71.5 cm³/mol. The third kappa shape index (κ3) is 2.18. The van der Waals surface area contributed by atoms with Gasteiger partial charge < -0.3 is 5.32 Å². The Morgan fingerprint density at radius 3 is 2.95 bits per heavy atom. The zero-order valence-corrected chi connectivity index (χ0v) is 12.3. The first-order valence-corrected chi connectivity index (χ1v) is 8.23. The van der Waals surface area contributed by atoms with Crippen LogP contribution in [0.2, 0.25) is 5.02 Å². The summed E-state index contributed by atoms with van der Waals surface area (Å²) in [7, 11) is -1.94. The van der Waals surface area contributed by atoms with Crippen LogP contribution in [0.1, 0.15) is 12.8 Å². The predicted octanol–water partition coefficient (Wildman–Crippen LogP) is 0.446. The molecule has 2 fully saturated rings. The van der Waals surface area contributed by atoms with Crippen molar-refractivity contribution in [3.8, 4) is 0 Å². The van der Waals surface area contributed by atoms with Gasteiger partial charge in [-0.3, -0.25) is 4.68 Å². The van der Waals surface area contributed by atoms with Crippen LogP contribution in [0, 0.1) is 5.92 Å². The molecule has 0 radical (unpaired) electrons. The maximum absolute atomic E-state index is 12.6. The van der Waals surface area contributed by atoms with Crippen LogP contribution in [-0.4, -0.2) is 48.2 Å². The molecule has 2 aliphatic rings. The Balaban J connectivity index is 1.89. The minimum atomic E-state index is -3.54. The second-order valence-corrected chi connectivity index (χ2v) is 7.44. The Hall–Kier alpha value is -0.630. The number of hydrogen-bond donors (Lipinski definition) is 1. The first-order chi connectivity index (χ1) is 9.00. The maximum Gasteiger partial charge on any atom is 0.261 e. The summed E-state index contributed by atoms with van der Waals surface area (Å²) in [4.78, 5) is 0. The molecule has 2 atom stereocenters. The van der Waals surface area contributed by atoms with E-state index in [0.717, 1.165) is 19.4 Å². The number of nitrogens with zero attached hydrogens (tertiary/aromatic N) is 3. The molecule has 0 spiro atoms. The standard InChI is InChI=1S/C11H17ClN4O2S/c1-15-11(9(12)6-14-15)19(17,18)16-5-3-10-8(7-16)2-4-13-10/h6,8,10,13H,2-5,7H2,1H3. The van der Waals surface area contributed by atoms with Gasteiger partial charge in [-0.1, -0.05) is 11.6 Å². The topological polar surface area (TPSA) is 67.2 Å². The maximum atomic E-state index is 12.6. The van der Waals surface area contributed by atoms with E-state index in [-0.39, 0.29) is 10.0 Å². The number of halogens is 1. The lowest BCUT2D eigenvalue weighted by molar-refractivity contribution is 0.246. The van der Waals surface area contributed by atoms with Crippen molar-refractivity contribution in [3.63, 3.8) is 0 Å². The zero-order valence-electron chi connectivity index (χ0n) is 10.7. The van der Waals surface area contributed by atoms with E-state index >= 15 is 0 Å². The fourth-order valence-electron chi connectivity index (χ4n) is 3.04. The van der Waals surface area contributed by atoms with E-state index in [2.05, 4.69) is 10.4 Å². The van der Waals surface area contributed by atoms with Gasteiger partial charge in [0.15, 0.2) is 5.03 Å². The van der Waals surface area contributed by atoms with Gasteiger partial charge in [0.1, 0.15) is 0 Å². The summed E-state index contributed by atoms with van der Waals surface area (Å²) >= 11 is 5.96. The van der Waals surface area contributed by atoms with Crippen LogP contribution in [0.5, 0.6) is 0 Å². The van der Waals surface area contributed by atoms with Gasteiger partial charge in [0, 0.05) is 26.2 Å². The van der Waals surface area contributed by atoms with E-state index in [4.69, 9.17) is 11.6 Å². The summed E-state index contributed by atoms with van der Waals surface area (Å²) < 4.78 is 28.2. The molecule has 0 bridgehead atoms. The highest BCUT2D eigenvalue weighted by atomic mass is 35.5. The van der Waals surface area contributed by atoms with E-state index in [1.165, 1.54) is 10.9 Å². The van der Waals surface area contributed by atoms with Crippen LogP contribution in [0.3, 0.4) is 0 Å².